The first kappa shape index (κ1) is 31.0. The van der Waals surface area contributed by atoms with E-state index in [0.29, 0.717) is 50.4 Å². The van der Waals surface area contributed by atoms with Gasteiger partial charge in [-0.3, -0.25) is 4.79 Å². The summed E-state index contributed by atoms with van der Waals surface area (Å²) >= 11 is 0. The zero-order chi connectivity index (χ0) is 30.0. The molecule has 42 heavy (non-hydrogen) atoms. The van der Waals surface area contributed by atoms with E-state index in [1.807, 2.05) is 48.5 Å². The van der Waals surface area contributed by atoms with Gasteiger partial charge in [-0.1, -0.05) is 24.3 Å². The number of ether oxygens (including phenoxy) is 3. The highest BCUT2D eigenvalue weighted by Gasteiger charge is 2.32. The van der Waals surface area contributed by atoms with Crippen molar-refractivity contribution in [1.82, 2.24) is 5.32 Å². The molecule has 0 aromatic heterocycles. The number of halogens is 3. The smallest absolute Gasteiger partial charge is 0.497 e. The van der Waals surface area contributed by atoms with E-state index in [9.17, 15) is 23.1 Å². The van der Waals surface area contributed by atoms with E-state index in [4.69, 9.17) is 9.47 Å². The monoisotopic (exact) mass is 587 g/mol. The lowest BCUT2D eigenvalue weighted by Gasteiger charge is -2.34. The number of alkyl halides is 3. The maximum atomic E-state index is 13.0. The molecule has 8 nitrogen and oxygen atoms in total. The third-order valence-corrected chi connectivity index (χ3v) is 7.01. The Hall–Kier alpha value is -3.96. The van der Waals surface area contributed by atoms with Crippen LogP contribution in [-0.4, -0.2) is 63.9 Å². The Bertz CT molecular complexity index is 1280. The number of morpholine rings is 1. The summed E-state index contributed by atoms with van der Waals surface area (Å²) in [7, 11) is 1.61. The van der Waals surface area contributed by atoms with Gasteiger partial charge in [0.1, 0.15) is 18.0 Å². The highest BCUT2D eigenvalue weighted by molar-refractivity contribution is 5.74. The number of hydrogen-bond acceptors (Lipinski definition) is 7. The largest absolute Gasteiger partial charge is 0.573 e. The van der Waals surface area contributed by atoms with E-state index in [-0.39, 0.29) is 12.3 Å². The summed E-state index contributed by atoms with van der Waals surface area (Å²) in [5.41, 5.74) is 3.24. The van der Waals surface area contributed by atoms with Gasteiger partial charge in [0.05, 0.1) is 26.4 Å². The number of nitrogens with one attached hydrogen (secondary N) is 1. The number of aliphatic carboxylic acids is 1. The molecule has 1 fully saturated rings. The van der Waals surface area contributed by atoms with Crippen LogP contribution >= 0.6 is 0 Å². The molecule has 3 aromatic rings. The van der Waals surface area contributed by atoms with Crippen molar-refractivity contribution in [3.8, 4) is 11.5 Å². The van der Waals surface area contributed by atoms with Crippen LogP contribution in [0.2, 0.25) is 0 Å². The number of anilines is 2. The maximum absolute atomic E-state index is 13.0. The average molecular weight is 588 g/mol. The Morgan fingerprint density at radius 1 is 1.05 bits per heavy atom. The van der Waals surface area contributed by atoms with E-state index in [2.05, 4.69) is 15.0 Å². The zero-order valence-electron chi connectivity index (χ0n) is 23.5. The SMILES string of the molecule is COc1cccc(CNCCCC(c2cccc(OC(F)(F)F)c2)N(CC(=O)O)c2ccc(N3CCOCC3)cc2)c1. The minimum Gasteiger partial charge on any atom is -0.497 e. The van der Waals surface area contributed by atoms with Gasteiger partial charge in [-0.15, -0.1) is 13.2 Å². The van der Waals surface area contributed by atoms with Gasteiger partial charge in [-0.25, -0.2) is 0 Å². The zero-order valence-corrected chi connectivity index (χ0v) is 23.5. The molecular formula is C31H36F3N3O5. The van der Waals surface area contributed by atoms with Crippen LogP contribution in [0.3, 0.4) is 0 Å². The molecule has 11 heteroatoms. The molecule has 4 rings (SSSR count). The van der Waals surface area contributed by atoms with Crippen molar-refractivity contribution in [2.45, 2.75) is 31.8 Å². The molecule has 0 bridgehead atoms. The van der Waals surface area contributed by atoms with Gasteiger partial charge in [0, 0.05) is 31.0 Å². The quantitative estimate of drug-likeness (QED) is 0.235. The molecule has 0 amide bonds. The lowest BCUT2D eigenvalue weighted by molar-refractivity contribution is -0.274. The molecule has 0 radical (unpaired) electrons. The van der Waals surface area contributed by atoms with Crippen LogP contribution < -0.4 is 24.6 Å². The van der Waals surface area contributed by atoms with Crippen molar-refractivity contribution >= 4 is 17.3 Å². The molecule has 1 atom stereocenters. The second kappa shape index (κ2) is 14.8. The van der Waals surface area contributed by atoms with Crippen molar-refractivity contribution in [2.24, 2.45) is 0 Å². The van der Waals surface area contributed by atoms with Crippen molar-refractivity contribution in [1.29, 1.82) is 0 Å². The summed E-state index contributed by atoms with van der Waals surface area (Å²) in [5.74, 6) is -0.630. The van der Waals surface area contributed by atoms with Gasteiger partial charge in [0.2, 0.25) is 0 Å². The number of carbonyl (C=O) groups is 1. The molecular weight excluding hydrogens is 551 g/mol. The van der Waals surface area contributed by atoms with Gasteiger partial charge in [0.15, 0.2) is 0 Å². The lowest BCUT2D eigenvalue weighted by Crippen LogP contribution is -2.36. The number of carboxylic acid groups (broad SMARTS) is 1. The van der Waals surface area contributed by atoms with Crippen LogP contribution in [0, 0.1) is 0 Å². The first-order valence-corrected chi connectivity index (χ1v) is 13.8. The number of hydrogen-bond donors (Lipinski definition) is 2. The van der Waals surface area contributed by atoms with Gasteiger partial charge in [-0.2, -0.15) is 0 Å². The summed E-state index contributed by atoms with van der Waals surface area (Å²) in [5, 5.41) is 13.2. The minimum atomic E-state index is -4.84. The van der Waals surface area contributed by atoms with Gasteiger partial charge < -0.3 is 34.4 Å². The van der Waals surface area contributed by atoms with Crippen LogP contribution in [-0.2, 0) is 16.1 Å². The van der Waals surface area contributed by atoms with E-state index >= 15 is 0 Å². The first-order chi connectivity index (χ1) is 20.2. The van der Waals surface area contributed by atoms with E-state index in [1.165, 1.54) is 18.2 Å². The molecule has 1 aliphatic rings. The summed E-state index contributed by atoms with van der Waals surface area (Å²) in [4.78, 5) is 15.9. The van der Waals surface area contributed by atoms with E-state index in [0.717, 1.165) is 30.1 Å². The fourth-order valence-corrected chi connectivity index (χ4v) is 5.06. The van der Waals surface area contributed by atoms with Gasteiger partial charge >= 0.3 is 12.3 Å². The second-order valence-electron chi connectivity index (χ2n) is 9.94. The van der Waals surface area contributed by atoms with Crippen molar-refractivity contribution < 1.29 is 37.3 Å². The molecule has 1 aliphatic heterocycles. The topological polar surface area (TPSA) is 83.5 Å². The molecule has 0 spiro atoms. The van der Waals surface area contributed by atoms with Crippen molar-refractivity contribution in [2.75, 3.05) is 56.3 Å². The molecule has 226 valence electrons. The Morgan fingerprint density at radius 2 is 1.76 bits per heavy atom. The normalized spacial score (nSPS) is 14.3. The van der Waals surface area contributed by atoms with E-state index < -0.39 is 18.4 Å². The third kappa shape index (κ3) is 9.28. The van der Waals surface area contributed by atoms with Crippen molar-refractivity contribution in [3.05, 3.63) is 83.9 Å². The Kier molecular flexibility index (Phi) is 10.9. The Balaban J connectivity index is 1.54. The van der Waals surface area contributed by atoms with Gasteiger partial charge in [0.25, 0.3) is 0 Å². The highest BCUT2D eigenvalue weighted by atomic mass is 19.4. The molecule has 0 aliphatic carbocycles. The fraction of sp³-hybridized carbons (Fsp3) is 0.387. The van der Waals surface area contributed by atoms with Crippen LogP contribution in [0.4, 0.5) is 24.5 Å². The standard InChI is InChI=1S/C31H36F3N3O5/c1-40-27-7-2-5-23(19-27)21-35-14-4-9-29(24-6-3-8-28(20-24)42-31(32,33)34)37(22-30(38)39)26-12-10-25(11-13-26)36-15-17-41-18-16-36/h2-3,5-8,10-13,19-20,29,35H,4,9,14-18,21-22H2,1H3,(H,38,39). The minimum absolute atomic E-state index is 0.330. The lowest BCUT2D eigenvalue weighted by atomic mass is 9.98. The summed E-state index contributed by atoms with van der Waals surface area (Å²) in [6.45, 7) is 3.69. The number of methoxy groups -OCH3 is 1. The maximum Gasteiger partial charge on any atom is 0.573 e. The summed E-state index contributed by atoms with van der Waals surface area (Å²) < 4.78 is 53.9. The van der Waals surface area contributed by atoms with Crippen molar-refractivity contribution in [3.63, 3.8) is 0 Å². The van der Waals surface area contributed by atoms with Crippen LogP contribution in [0.15, 0.2) is 72.8 Å². The number of rotatable bonds is 14. The molecule has 1 heterocycles. The average Bonchev–Trinajstić information content (AvgIpc) is 2.98. The number of benzene rings is 3. The Morgan fingerprint density at radius 3 is 2.45 bits per heavy atom. The first-order valence-electron chi connectivity index (χ1n) is 13.8. The number of carboxylic acids is 1. The van der Waals surface area contributed by atoms with E-state index in [1.54, 1.807) is 18.1 Å². The molecule has 2 N–H and O–H groups in total. The number of nitrogens with zero attached hydrogens (tertiary/aromatic N) is 2. The predicted molar refractivity (Wildman–Crippen MR) is 154 cm³/mol. The highest BCUT2D eigenvalue weighted by Crippen LogP contribution is 2.34. The fourth-order valence-electron chi connectivity index (χ4n) is 5.06. The summed E-state index contributed by atoms with van der Waals surface area (Å²) in [6.07, 6.45) is -3.71. The summed E-state index contributed by atoms with van der Waals surface area (Å²) in [6, 6.07) is 20.5. The molecule has 0 saturated carbocycles. The van der Waals surface area contributed by atoms with Gasteiger partial charge in [-0.05, 0) is 79.0 Å². The molecule has 3 aromatic carbocycles. The Labute approximate surface area is 243 Å². The molecule has 1 saturated heterocycles. The second-order valence-corrected chi connectivity index (χ2v) is 9.94. The van der Waals surface area contributed by atoms with Crippen LogP contribution in [0.5, 0.6) is 11.5 Å². The third-order valence-electron chi connectivity index (χ3n) is 7.01. The molecule has 1 unspecified atom stereocenters. The van der Waals surface area contributed by atoms with Crippen LogP contribution in [0.1, 0.15) is 30.0 Å². The van der Waals surface area contributed by atoms with Crippen LogP contribution in [0.25, 0.3) is 0 Å². The predicted octanol–water partition coefficient (Wildman–Crippen LogP) is 5.63.